The molecule has 0 fully saturated rings. The van der Waals surface area contributed by atoms with Crippen molar-refractivity contribution in [3.8, 4) is 17.1 Å². The molecule has 0 aliphatic heterocycles. The van der Waals surface area contributed by atoms with Crippen molar-refractivity contribution >= 4 is 5.91 Å². The zero-order valence-electron chi connectivity index (χ0n) is 17.3. The number of carbonyl (C=O) groups is 1. The van der Waals surface area contributed by atoms with Gasteiger partial charge in [-0.25, -0.2) is 8.78 Å². The molecular weight excluding hydrogens is 406 g/mol. The lowest BCUT2D eigenvalue weighted by Crippen LogP contribution is -2.23. The highest BCUT2D eigenvalue weighted by atomic mass is 19.3. The van der Waals surface area contributed by atoms with E-state index in [2.05, 4.69) is 34.3 Å². The van der Waals surface area contributed by atoms with Gasteiger partial charge >= 0.3 is 0 Å². The molecule has 0 saturated carbocycles. The summed E-state index contributed by atoms with van der Waals surface area (Å²) in [5.41, 5.74) is 2.58. The van der Waals surface area contributed by atoms with Crippen LogP contribution in [-0.2, 0) is 17.8 Å². The molecule has 164 valence electrons. The molecule has 9 heteroatoms. The second-order valence-corrected chi connectivity index (χ2v) is 7.25. The van der Waals surface area contributed by atoms with Crippen molar-refractivity contribution < 1.29 is 22.8 Å². The number of alkyl halides is 2. The second-order valence-electron chi connectivity index (χ2n) is 7.25. The molecule has 0 bridgehead atoms. The summed E-state index contributed by atoms with van der Waals surface area (Å²) in [6.45, 7) is 3.72. The Morgan fingerprint density at radius 1 is 1.19 bits per heavy atom. The summed E-state index contributed by atoms with van der Waals surface area (Å²) in [6, 6.07) is 11.0. The Hall–Kier alpha value is -3.36. The number of nitrogens with zero attached hydrogens (tertiary/aromatic N) is 3. The number of aromatic nitrogens is 3. The summed E-state index contributed by atoms with van der Waals surface area (Å²) in [6.07, 6.45) is -0.653. The molecule has 0 unspecified atom stereocenters. The zero-order chi connectivity index (χ0) is 22.2. The van der Waals surface area contributed by atoms with E-state index in [0.29, 0.717) is 29.7 Å². The highest BCUT2D eigenvalue weighted by Crippen LogP contribution is 2.20. The zero-order valence-corrected chi connectivity index (χ0v) is 17.3. The molecule has 0 saturated heterocycles. The van der Waals surface area contributed by atoms with Crippen molar-refractivity contribution in [1.29, 1.82) is 0 Å². The average Bonchev–Trinajstić information content (AvgIpc) is 3.24. The van der Waals surface area contributed by atoms with E-state index in [1.165, 1.54) is 23.9 Å². The number of hydrogen-bond acceptors (Lipinski definition) is 6. The molecule has 7 nitrogen and oxygen atoms in total. The molecule has 2 heterocycles. The lowest BCUT2D eigenvalue weighted by molar-refractivity contribution is -0.121. The van der Waals surface area contributed by atoms with Crippen LogP contribution in [0.5, 0.6) is 5.75 Å². The lowest BCUT2D eigenvalue weighted by atomic mass is 10.0. The van der Waals surface area contributed by atoms with E-state index in [-0.39, 0.29) is 24.6 Å². The molecule has 3 aromatic rings. The van der Waals surface area contributed by atoms with Gasteiger partial charge in [0.25, 0.3) is 6.43 Å². The fourth-order valence-corrected chi connectivity index (χ4v) is 2.79. The van der Waals surface area contributed by atoms with E-state index in [4.69, 9.17) is 9.26 Å². The number of benzene rings is 1. The molecule has 0 atom stereocenters. The quantitative estimate of drug-likeness (QED) is 0.520. The minimum Gasteiger partial charge on any atom is -0.488 e. The molecule has 0 aliphatic rings. The maximum absolute atomic E-state index is 12.2. The number of aryl methyl sites for hydroxylation is 1. The van der Waals surface area contributed by atoms with Crippen molar-refractivity contribution in [2.75, 3.05) is 6.61 Å². The van der Waals surface area contributed by atoms with Gasteiger partial charge in [0, 0.05) is 30.7 Å². The summed E-state index contributed by atoms with van der Waals surface area (Å²) in [4.78, 5) is 20.5. The molecule has 3 rings (SSSR count). The van der Waals surface area contributed by atoms with Gasteiger partial charge < -0.3 is 14.6 Å². The largest absolute Gasteiger partial charge is 0.488 e. The molecule has 0 spiro atoms. The van der Waals surface area contributed by atoms with Crippen LogP contribution in [-0.4, -0.2) is 34.1 Å². The van der Waals surface area contributed by atoms with E-state index in [9.17, 15) is 13.6 Å². The van der Waals surface area contributed by atoms with Crippen LogP contribution in [0.4, 0.5) is 8.78 Å². The average molecular weight is 430 g/mol. The van der Waals surface area contributed by atoms with Crippen molar-refractivity contribution in [2.45, 2.75) is 45.6 Å². The predicted molar refractivity (Wildman–Crippen MR) is 110 cm³/mol. The standard InChI is InChI=1S/C22H24F2N4O3/c1-14(2)15-3-5-16(6-4-15)22-27-21(31-28-22)8-7-20(29)26-12-17-11-18(9-10-25-17)30-13-19(23)24/h3-6,9-11,14,19H,7-8,12-13H2,1-2H3,(H,26,29). The Labute approximate surface area is 178 Å². The number of nitrogens with one attached hydrogen (secondary N) is 1. The molecule has 31 heavy (non-hydrogen) atoms. The summed E-state index contributed by atoms with van der Waals surface area (Å²) in [5, 5.41) is 6.70. The molecule has 1 amide bonds. The van der Waals surface area contributed by atoms with Crippen LogP contribution in [0.2, 0.25) is 0 Å². The predicted octanol–water partition coefficient (Wildman–Crippen LogP) is 4.15. The monoisotopic (exact) mass is 430 g/mol. The van der Waals surface area contributed by atoms with Crippen LogP contribution in [0.1, 0.15) is 43.3 Å². The number of carbonyl (C=O) groups excluding carboxylic acids is 1. The molecular formula is C22H24F2N4O3. The van der Waals surface area contributed by atoms with E-state index >= 15 is 0 Å². The molecule has 1 N–H and O–H groups in total. The van der Waals surface area contributed by atoms with Gasteiger partial charge in [-0.1, -0.05) is 43.3 Å². The third-order valence-corrected chi connectivity index (χ3v) is 4.50. The number of hydrogen-bond donors (Lipinski definition) is 1. The van der Waals surface area contributed by atoms with Crippen molar-refractivity contribution in [1.82, 2.24) is 20.4 Å². The third kappa shape index (κ3) is 6.84. The summed E-state index contributed by atoms with van der Waals surface area (Å²) >= 11 is 0. The van der Waals surface area contributed by atoms with Gasteiger partial charge in [0.1, 0.15) is 12.4 Å². The van der Waals surface area contributed by atoms with Crippen LogP contribution >= 0.6 is 0 Å². The normalized spacial score (nSPS) is 11.2. The number of amides is 1. The first-order chi connectivity index (χ1) is 14.9. The van der Waals surface area contributed by atoms with Gasteiger partial charge in [0.15, 0.2) is 0 Å². The Balaban J connectivity index is 1.46. The van der Waals surface area contributed by atoms with Crippen LogP contribution in [0.3, 0.4) is 0 Å². The Morgan fingerprint density at radius 2 is 1.97 bits per heavy atom. The van der Waals surface area contributed by atoms with Crippen LogP contribution in [0, 0.1) is 0 Å². The molecule has 0 radical (unpaired) electrons. The lowest BCUT2D eigenvalue weighted by Gasteiger charge is -2.08. The van der Waals surface area contributed by atoms with E-state index in [0.717, 1.165) is 5.56 Å². The smallest absolute Gasteiger partial charge is 0.272 e. The van der Waals surface area contributed by atoms with Crippen LogP contribution < -0.4 is 10.1 Å². The minimum absolute atomic E-state index is 0.155. The number of halogens is 2. The molecule has 2 aromatic heterocycles. The molecule has 1 aromatic carbocycles. The van der Waals surface area contributed by atoms with Crippen molar-refractivity contribution in [2.24, 2.45) is 0 Å². The molecule has 0 aliphatic carbocycles. The summed E-state index contributed by atoms with van der Waals surface area (Å²) in [7, 11) is 0. The van der Waals surface area contributed by atoms with E-state index in [1.54, 1.807) is 0 Å². The Kier molecular flexibility index (Phi) is 7.64. The maximum Gasteiger partial charge on any atom is 0.272 e. The first-order valence-corrected chi connectivity index (χ1v) is 9.96. The van der Waals surface area contributed by atoms with Crippen LogP contribution in [0.25, 0.3) is 11.4 Å². The van der Waals surface area contributed by atoms with Gasteiger partial charge in [-0.2, -0.15) is 4.98 Å². The number of pyridine rings is 1. The van der Waals surface area contributed by atoms with Gasteiger partial charge in [-0.05, 0) is 17.5 Å². The van der Waals surface area contributed by atoms with E-state index < -0.39 is 13.0 Å². The van der Waals surface area contributed by atoms with Gasteiger partial charge in [0.2, 0.25) is 17.6 Å². The van der Waals surface area contributed by atoms with Crippen molar-refractivity contribution in [3.05, 3.63) is 59.7 Å². The number of ether oxygens (including phenoxy) is 1. The topological polar surface area (TPSA) is 90.1 Å². The van der Waals surface area contributed by atoms with E-state index in [1.807, 2.05) is 24.3 Å². The minimum atomic E-state index is -2.55. The van der Waals surface area contributed by atoms with Gasteiger partial charge in [-0.15, -0.1) is 0 Å². The highest BCUT2D eigenvalue weighted by Gasteiger charge is 2.12. The Bertz CT molecular complexity index is 990. The Morgan fingerprint density at radius 3 is 2.68 bits per heavy atom. The van der Waals surface area contributed by atoms with Gasteiger partial charge in [-0.3, -0.25) is 9.78 Å². The fraction of sp³-hybridized carbons (Fsp3) is 0.364. The maximum atomic E-state index is 12.2. The second kappa shape index (κ2) is 10.6. The number of rotatable bonds is 10. The van der Waals surface area contributed by atoms with Crippen LogP contribution in [0.15, 0.2) is 47.1 Å². The van der Waals surface area contributed by atoms with Crippen molar-refractivity contribution in [3.63, 3.8) is 0 Å². The fourth-order valence-electron chi connectivity index (χ4n) is 2.79. The van der Waals surface area contributed by atoms with Gasteiger partial charge in [0.05, 0.1) is 12.2 Å². The summed E-state index contributed by atoms with van der Waals surface area (Å²) < 4.78 is 34.6. The first-order valence-electron chi connectivity index (χ1n) is 9.96. The summed E-state index contributed by atoms with van der Waals surface area (Å²) in [5.74, 6) is 1.35. The SMILES string of the molecule is CC(C)c1ccc(-c2noc(CCC(=O)NCc3cc(OCC(F)F)ccn3)n2)cc1. The first kappa shape index (κ1) is 22.3. The highest BCUT2D eigenvalue weighted by molar-refractivity contribution is 5.76. The third-order valence-electron chi connectivity index (χ3n) is 4.50.